The van der Waals surface area contributed by atoms with E-state index in [2.05, 4.69) is 22.3 Å². The van der Waals surface area contributed by atoms with Gasteiger partial charge < -0.3 is 5.32 Å². The van der Waals surface area contributed by atoms with E-state index in [4.69, 9.17) is 0 Å². The summed E-state index contributed by atoms with van der Waals surface area (Å²) in [5.74, 6) is -0.107. The van der Waals surface area contributed by atoms with Gasteiger partial charge in [-0.25, -0.2) is 0 Å². The Morgan fingerprint density at radius 3 is 2.61 bits per heavy atom. The molecule has 0 bridgehead atoms. The number of nitrogens with one attached hydrogen (secondary N) is 1. The van der Waals surface area contributed by atoms with Crippen LogP contribution in [0.4, 0.5) is 0 Å². The highest BCUT2D eigenvalue weighted by molar-refractivity contribution is 5.93. The van der Waals surface area contributed by atoms with Crippen LogP contribution in [0.2, 0.25) is 0 Å². The quantitative estimate of drug-likeness (QED) is 0.797. The summed E-state index contributed by atoms with van der Waals surface area (Å²) in [5.41, 5.74) is 4.64. The van der Waals surface area contributed by atoms with Gasteiger partial charge in [-0.2, -0.15) is 5.10 Å². The molecule has 2 heterocycles. The molecular weight excluding hydrogens is 288 g/mol. The predicted octanol–water partition coefficient (Wildman–Crippen LogP) is 3.41. The van der Waals surface area contributed by atoms with Gasteiger partial charge in [-0.1, -0.05) is 26.2 Å². The van der Waals surface area contributed by atoms with Gasteiger partial charge in [0.15, 0.2) is 0 Å². The summed E-state index contributed by atoms with van der Waals surface area (Å²) < 4.78 is 1.84. The molecule has 2 aromatic heterocycles. The van der Waals surface area contributed by atoms with Crippen molar-refractivity contribution < 1.29 is 4.79 Å². The molecule has 0 aliphatic rings. The molecule has 0 spiro atoms. The van der Waals surface area contributed by atoms with Crippen LogP contribution in [0.25, 0.3) is 11.1 Å². The molecule has 0 aliphatic carbocycles. The fraction of sp³-hybridized carbons (Fsp3) is 0.500. The molecule has 0 aliphatic heterocycles. The summed E-state index contributed by atoms with van der Waals surface area (Å²) >= 11 is 0. The van der Waals surface area contributed by atoms with Crippen LogP contribution >= 0.6 is 0 Å². The van der Waals surface area contributed by atoms with E-state index in [9.17, 15) is 4.79 Å². The SMILES string of the molecule is CCCCCCNC(=O)c1cc(-c2cnn(C)c2C)c(C)cn1. The Balaban J connectivity index is 2.11. The molecule has 23 heavy (non-hydrogen) atoms. The van der Waals surface area contributed by atoms with E-state index >= 15 is 0 Å². The maximum atomic E-state index is 12.3. The number of carbonyl (C=O) groups is 1. The zero-order valence-electron chi connectivity index (χ0n) is 14.5. The first-order chi connectivity index (χ1) is 11.0. The maximum Gasteiger partial charge on any atom is 0.269 e. The second-order valence-corrected chi connectivity index (χ2v) is 5.97. The molecule has 0 saturated heterocycles. The average molecular weight is 314 g/mol. The van der Waals surface area contributed by atoms with E-state index in [1.807, 2.05) is 37.8 Å². The Morgan fingerprint density at radius 1 is 1.17 bits per heavy atom. The van der Waals surface area contributed by atoms with E-state index in [1.54, 1.807) is 6.20 Å². The summed E-state index contributed by atoms with van der Waals surface area (Å²) in [6, 6.07) is 1.86. The maximum absolute atomic E-state index is 12.3. The molecule has 0 atom stereocenters. The minimum absolute atomic E-state index is 0.107. The van der Waals surface area contributed by atoms with Crippen molar-refractivity contribution in [3.8, 4) is 11.1 Å². The minimum atomic E-state index is -0.107. The van der Waals surface area contributed by atoms with Gasteiger partial charge in [0.1, 0.15) is 5.69 Å². The van der Waals surface area contributed by atoms with Gasteiger partial charge >= 0.3 is 0 Å². The zero-order chi connectivity index (χ0) is 16.8. The Labute approximate surface area is 138 Å². The van der Waals surface area contributed by atoms with Crippen molar-refractivity contribution in [2.24, 2.45) is 7.05 Å². The smallest absolute Gasteiger partial charge is 0.269 e. The molecule has 5 heteroatoms. The van der Waals surface area contributed by atoms with Crippen LogP contribution in [-0.4, -0.2) is 27.2 Å². The summed E-state index contributed by atoms with van der Waals surface area (Å²) in [5, 5.41) is 7.24. The molecule has 124 valence electrons. The summed E-state index contributed by atoms with van der Waals surface area (Å²) in [4.78, 5) is 16.5. The average Bonchev–Trinajstić information content (AvgIpc) is 2.87. The lowest BCUT2D eigenvalue weighted by atomic mass is 10.0. The lowest BCUT2D eigenvalue weighted by Crippen LogP contribution is -2.25. The van der Waals surface area contributed by atoms with Crippen molar-refractivity contribution in [1.82, 2.24) is 20.1 Å². The molecule has 2 aromatic rings. The van der Waals surface area contributed by atoms with Crippen LogP contribution in [-0.2, 0) is 7.05 Å². The first-order valence-electron chi connectivity index (χ1n) is 8.28. The van der Waals surface area contributed by atoms with Crippen LogP contribution < -0.4 is 5.32 Å². The topological polar surface area (TPSA) is 59.8 Å². The molecule has 2 rings (SSSR count). The van der Waals surface area contributed by atoms with Crippen LogP contribution in [0.15, 0.2) is 18.5 Å². The molecule has 0 saturated carbocycles. The third kappa shape index (κ3) is 4.18. The van der Waals surface area contributed by atoms with Crippen LogP contribution in [0.3, 0.4) is 0 Å². The molecule has 5 nitrogen and oxygen atoms in total. The van der Waals surface area contributed by atoms with Gasteiger partial charge in [0.05, 0.1) is 6.20 Å². The number of hydrogen-bond donors (Lipinski definition) is 1. The van der Waals surface area contributed by atoms with Crippen molar-refractivity contribution in [2.75, 3.05) is 6.54 Å². The molecule has 1 N–H and O–H groups in total. The van der Waals surface area contributed by atoms with Gasteiger partial charge in [0.2, 0.25) is 0 Å². The Hall–Kier alpha value is -2.17. The highest BCUT2D eigenvalue weighted by Gasteiger charge is 2.13. The van der Waals surface area contributed by atoms with Crippen LogP contribution in [0.5, 0.6) is 0 Å². The first-order valence-corrected chi connectivity index (χ1v) is 8.28. The third-order valence-electron chi connectivity index (χ3n) is 4.18. The fourth-order valence-corrected chi connectivity index (χ4v) is 2.55. The molecule has 0 unspecified atom stereocenters. The zero-order valence-corrected chi connectivity index (χ0v) is 14.5. The molecular formula is C18H26N4O. The number of nitrogens with zero attached hydrogens (tertiary/aromatic N) is 3. The van der Waals surface area contributed by atoms with Crippen molar-refractivity contribution in [1.29, 1.82) is 0 Å². The van der Waals surface area contributed by atoms with Gasteiger partial charge in [-0.05, 0) is 37.5 Å². The third-order valence-corrected chi connectivity index (χ3v) is 4.18. The number of carbonyl (C=O) groups excluding carboxylic acids is 1. The second kappa shape index (κ2) is 7.90. The number of aryl methyl sites for hydroxylation is 2. The molecule has 0 fully saturated rings. The van der Waals surface area contributed by atoms with Crippen molar-refractivity contribution in [2.45, 2.75) is 46.5 Å². The highest BCUT2D eigenvalue weighted by atomic mass is 16.1. The monoisotopic (exact) mass is 314 g/mol. The van der Waals surface area contributed by atoms with Crippen LogP contribution in [0.1, 0.15) is 54.4 Å². The predicted molar refractivity (Wildman–Crippen MR) is 92.4 cm³/mol. The van der Waals surface area contributed by atoms with Crippen molar-refractivity contribution in [3.63, 3.8) is 0 Å². The van der Waals surface area contributed by atoms with E-state index < -0.39 is 0 Å². The van der Waals surface area contributed by atoms with E-state index in [0.29, 0.717) is 12.2 Å². The lowest BCUT2D eigenvalue weighted by Gasteiger charge is -2.09. The summed E-state index contributed by atoms with van der Waals surface area (Å²) in [6.45, 7) is 6.91. The molecule has 1 amide bonds. The van der Waals surface area contributed by atoms with E-state index in [0.717, 1.165) is 35.2 Å². The Bertz CT molecular complexity index is 676. The standard InChI is InChI=1S/C18H26N4O/c1-5-6-7-8-9-19-18(23)17-10-15(13(2)11-20-17)16-12-21-22(4)14(16)3/h10-12H,5-9H2,1-4H3,(H,19,23). The normalized spacial score (nSPS) is 10.8. The number of aromatic nitrogens is 3. The highest BCUT2D eigenvalue weighted by Crippen LogP contribution is 2.26. The number of pyridine rings is 1. The van der Waals surface area contributed by atoms with Gasteiger partial charge in [0.25, 0.3) is 5.91 Å². The van der Waals surface area contributed by atoms with Gasteiger partial charge in [-0.3, -0.25) is 14.5 Å². The van der Waals surface area contributed by atoms with Gasteiger partial charge in [0, 0.05) is 31.0 Å². The van der Waals surface area contributed by atoms with Crippen LogP contribution in [0, 0.1) is 13.8 Å². The Morgan fingerprint density at radius 2 is 1.96 bits per heavy atom. The molecule has 0 aromatic carbocycles. The number of rotatable bonds is 7. The van der Waals surface area contributed by atoms with E-state index in [1.165, 1.54) is 12.8 Å². The summed E-state index contributed by atoms with van der Waals surface area (Å²) in [7, 11) is 1.92. The number of unbranched alkanes of at least 4 members (excludes halogenated alkanes) is 3. The number of amides is 1. The lowest BCUT2D eigenvalue weighted by molar-refractivity contribution is 0.0948. The summed E-state index contributed by atoms with van der Waals surface area (Å²) in [6.07, 6.45) is 8.17. The van der Waals surface area contributed by atoms with Crippen molar-refractivity contribution >= 4 is 5.91 Å². The Kier molecular flexibility index (Phi) is 5.90. The minimum Gasteiger partial charge on any atom is -0.351 e. The van der Waals surface area contributed by atoms with E-state index in [-0.39, 0.29) is 5.91 Å². The fourth-order valence-electron chi connectivity index (χ4n) is 2.55. The second-order valence-electron chi connectivity index (χ2n) is 5.97. The first kappa shape index (κ1) is 17.2. The van der Waals surface area contributed by atoms with Gasteiger partial charge in [-0.15, -0.1) is 0 Å². The largest absolute Gasteiger partial charge is 0.351 e. The number of hydrogen-bond acceptors (Lipinski definition) is 3. The van der Waals surface area contributed by atoms with Crippen molar-refractivity contribution in [3.05, 3.63) is 35.4 Å². The molecule has 0 radical (unpaired) electrons.